The Morgan fingerprint density at radius 2 is 1.80 bits per heavy atom. The van der Waals surface area contributed by atoms with Crippen LogP contribution in [-0.4, -0.2) is 41.2 Å². The summed E-state index contributed by atoms with van der Waals surface area (Å²) in [6.45, 7) is 0. The lowest BCUT2D eigenvalue weighted by atomic mass is 10.3. The molecule has 0 aliphatic rings. The Hall–Kier alpha value is -0.693. The van der Waals surface area contributed by atoms with Crippen molar-refractivity contribution in [3.8, 4) is 0 Å². The van der Waals surface area contributed by atoms with Crippen molar-refractivity contribution in [1.82, 2.24) is 0 Å². The second kappa shape index (κ2) is 7.58. The minimum Gasteiger partial charge on any atom is -0.478 e. The molecule has 0 fully saturated rings. The van der Waals surface area contributed by atoms with Crippen molar-refractivity contribution in [3.63, 3.8) is 0 Å². The average molecular weight is 234 g/mol. The number of hydrogen-bond donors (Lipinski definition) is 1. The van der Waals surface area contributed by atoms with E-state index in [4.69, 9.17) is 18.4 Å². The number of rotatable bonds is 8. The van der Waals surface area contributed by atoms with Crippen LogP contribution in [0.2, 0.25) is 6.04 Å². The van der Waals surface area contributed by atoms with Gasteiger partial charge in [-0.25, -0.2) is 4.79 Å². The molecule has 0 amide bonds. The summed E-state index contributed by atoms with van der Waals surface area (Å²) in [5.41, 5.74) is 0. The van der Waals surface area contributed by atoms with E-state index in [-0.39, 0.29) is 0 Å². The maximum Gasteiger partial charge on any atom is 0.500 e. The minimum absolute atomic E-state index is 0.678. The molecule has 0 heterocycles. The number of allylic oxidation sites excluding steroid dienone is 1. The van der Waals surface area contributed by atoms with Crippen molar-refractivity contribution >= 4 is 14.8 Å². The molecule has 0 atom stereocenters. The molecule has 0 saturated carbocycles. The summed E-state index contributed by atoms with van der Waals surface area (Å²) >= 11 is 0. The Morgan fingerprint density at radius 1 is 1.27 bits per heavy atom. The predicted molar refractivity (Wildman–Crippen MR) is 57.6 cm³/mol. The summed E-state index contributed by atoms with van der Waals surface area (Å²) in [5.74, 6) is -0.927. The van der Waals surface area contributed by atoms with Crippen LogP contribution in [0.4, 0.5) is 0 Å². The maximum atomic E-state index is 10.2. The fourth-order valence-corrected chi connectivity index (χ4v) is 2.93. The molecule has 0 unspecified atom stereocenters. The third-order valence-corrected chi connectivity index (χ3v) is 4.88. The molecule has 0 saturated heterocycles. The Kier molecular flexibility index (Phi) is 7.23. The summed E-state index contributed by atoms with van der Waals surface area (Å²) in [6, 6.07) is 0.681. The molecule has 0 aromatic heterocycles. The lowest BCUT2D eigenvalue weighted by Crippen LogP contribution is -2.42. The van der Waals surface area contributed by atoms with Gasteiger partial charge in [0.1, 0.15) is 0 Å². The fraction of sp³-hybridized carbons (Fsp3) is 0.667. The Balaban J connectivity index is 3.86. The molecule has 5 nitrogen and oxygen atoms in total. The van der Waals surface area contributed by atoms with Gasteiger partial charge in [-0.05, 0) is 12.8 Å². The summed E-state index contributed by atoms with van der Waals surface area (Å²) in [7, 11) is 2.21. The molecule has 0 spiro atoms. The first kappa shape index (κ1) is 14.3. The molecular weight excluding hydrogens is 216 g/mol. The van der Waals surface area contributed by atoms with Crippen LogP contribution in [0.25, 0.3) is 0 Å². The molecule has 15 heavy (non-hydrogen) atoms. The van der Waals surface area contributed by atoms with Crippen LogP contribution >= 0.6 is 0 Å². The van der Waals surface area contributed by atoms with Crippen LogP contribution in [0.5, 0.6) is 0 Å². The third kappa shape index (κ3) is 5.68. The second-order valence-corrected chi connectivity index (χ2v) is 6.02. The van der Waals surface area contributed by atoms with Gasteiger partial charge in [0, 0.05) is 33.4 Å². The molecule has 0 bridgehead atoms. The van der Waals surface area contributed by atoms with E-state index in [2.05, 4.69) is 0 Å². The average Bonchev–Trinajstić information content (AvgIpc) is 2.24. The van der Waals surface area contributed by atoms with Crippen LogP contribution in [0.3, 0.4) is 0 Å². The second-order valence-electron chi connectivity index (χ2n) is 2.93. The van der Waals surface area contributed by atoms with Crippen molar-refractivity contribution < 1.29 is 23.2 Å². The van der Waals surface area contributed by atoms with E-state index >= 15 is 0 Å². The molecule has 0 aliphatic carbocycles. The highest BCUT2D eigenvalue weighted by Crippen LogP contribution is 2.16. The van der Waals surface area contributed by atoms with Crippen molar-refractivity contribution in [2.75, 3.05) is 21.3 Å². The molecule has 6 heteroatoms. The summed E-state index contributed by atoms with van der Waals surface area (Å²) in [5, 5.41) is 8.36. The highest BCUT2D eigenvalue weighted by atomic mass is 28.4. The van der Waals surface area contributed by atoms with Crippen molar-refractivity contribution in [2.24, 2.45) is 0 Å². The molecular formula is C9H18O5Si. The van der Waals surface area contributed by atoms with Gasteiger partial charge in [0.05, 0.1) is 0 Å². The van der Waals surface area contributed by atoms with Gasteiger partial charge < -0.3 is 18.4 Å². The Bertz CT molecular complexity index is 204. The summed E-state index contributed by atoms with van der Waals surface area (Å²) in [6.07, 6.45) is 4.21. The van der Waals surface area contributed by atoms with E-state index in [0.29, 0.717) is 12.5 Å². The van der Waals surface area contributed by atoms with Gasteiger partial charge >= 0.3 is 14.8 Å². The van der Waals surface area contributed by atoms with E-state index in [9.17, 15) is 4.79 Å². The van der Waals surface area contributed by atoms with E-state index in [1.807, 2.05) is 0 Å². The van der Waals surface area contributed by atoms with Crippen LogP contribution < -0.4 is 0 Å². The van der Waals surface area contributed by atoms with Gasteiger partial charge in [0.2, 0.25) is 0 Å². The van der Waals surface area contributed by atoms with Crippen LogP contribution in [0, 0.1) is 0 Å². The first-order chi connectivity index (χ1) is 7.10. The molecule has 0 radical (unpaired) electrons. The zero-order valence-corrected chi connectivity index (χ0v) is 10.4. The first-order valence-electron chi connectivity index (χ1n) is 4.65. The topological polar surface area (TPSA) is 65.0 Å². The number of carboxylic acid groups (broad SMARTS) is 1. The zero-order chi connectivity index (χ0) is 11.7. The van der Waals surface area contributed by atoms with E-state index in [1.165, 1.54) is 0 Å². The quantitative estimate of drug-likeness (QED) is 0.389. The molecule has 0 aliphatic heterocycles. The van der Waals surface area contributed by atoms with Crippen molar-refractivity contribution in [2.45, 2.75) is 18.9 Å². The van der Waals surface area contributed by atoms with E-state index in [0.717, 1.165) is 12.5 Å². The number of hydrogen-bond acceptors (Lipinski definition) is 4. The van der Waals surface area contributed by atoms with Gasteiger partial charge in [-0.3, -0.25) is 0 Å². The minimum atomic E-state index is -2.48. The van der Waals surface area contributed by atoms with Crippen molar-refractivity contribution in [1.29, 1.82) is 0 Å². The SMILES string of the molecule is CO[Si](CCCC=CC(=O)O)(OC)OC. The number of carboxylic acids is 1. The number of aliphatic carboxylic acids is 1. The van der Waals surface area contributed by atoms with Gasteiger partial charge in [0.15, 0.2) is 0 Å². The number of carbonyl (C=O) groups is 1. The van der Waals surface area contributed by atoms with Crippen LogP contribution in [0.1, 0.15) is 12.8 Å². The van der Waals surface area contributed by atoms with E-state index in [1.54, 1.807) is 27.4 Å². The van der Waals surface area contributed by atoms with Gasteiger partial charge in [-0.15, -0.1) is 0 Å². The number of unbranched alkanes of at least 4 members (excludes halogenated alkanes) is 1. The molecule has 0 rings (SSSR count). The van der Waals surface area contributed by atoms with Gasteiger partial charge in [-0.1, -0.05) is 6.08 Å². The smallest absolute Gasteiger partial charge is 0.478 e. The standard InChI is InChI=1S/C9H18O5Si/c1-12-15(13-2,14-3)8-6-4-5-7-9(10)11/h5,7H,4,6,8H2,1-3H3,(H,10,11). The predicted octanol–water partition coefficient (Wildman–Crippen LogP) is 1.29. The highest BCUT2D eigenvalue weighted by molar-refractivity contribution is 6.60. The van der Waals surface area contributed by atoms with Crippen LogP contribution in [-0.2, 0) is 18.1 Å². The zero-order valence-electron chi connectivity index (χ0n) is 9.36. The largest absolute Gasteiger partial charge is 0.500 e. The van der Waals surface area contributed by atoms with Gasteiger partial charge in [0.25, 0.3) is 0 Å². The third-order valence-electron chi connectivity index (χ3n) is 2.05. The molecule has 88 valence electrons. The molecule has 1 N–H and O–H groups in total. The molecule has 0 aromatic rings. The normalized spacial score (nSPS) is 12.2. The molecule has 0 aromatic carbocycles. The fourth-order valence-electron chi connectivity index (χ4n) is 1.18. The van der Waals surface area contributed by atoms with Crippen molar-refractivity contribution in [3.05, 3.63) is 12.2 Å². The Labute approximate surface area is 91.0 Å². The summed E-state index contributed by atoms with van der Waals surface area (Å²) < 4.78 is 15.7. The maximum absolute atomic E-state index is 10.2. The van der Waals surface area contributed by atoms with Gasteiger partial charge in [-0.2, -0.15) is 0 Å². The van der Waals surface area contributed by atoms with Crippen LogP contribution in [0.15, 0.2) is 12.2 Å². The summed E-state index contributed by atoms with van der Waals surface area (Å²) in [4.78, 5) is 10.2. The highest BCUT2D eigenvalue weighted by Gasteiger charge is 2.36. The van der Waals surface area contributed by atoms with E-state index < -0.39 is 14.8 Å². The Morgan fingerprint density at radius 3 is 2.20 bits per heavy atom. The first-order valence-corrected chi connectivity index (χ1v) is 6.58. The monoisotopic (exact) mass is 234 g/mol. The lowest BCUT2D eigenvalue weighted by molar-refractivity contribution is -0.131. The lowest BCUT2D eigenvalue weighted by Gasteiger charge is -2.23.